The summed E-state index contributed by atoms with van der Waals surface area (Å²) in [7, 11) is 0. The summed E-state index contributed by atoms with van der Waals surface area (Å²) in [5.74, 6) is 0.522. The van der Waals surface area contributed by atoms with Crippen molar-refractivity contribution in [3.8, 4) is 11.1 Å². The number of allylic oxidation sites excluding steroid dienone is 1. The number of rotatable bonds is 7. The maximum Gasteiger partial charge on any atom is 0.410 e. The summed E-state index contributed by atoms with van der Waals surface area (Å²) in [6.45, 7) is 4.10. The molecule has 0 radical (unpaired) electrons. The van der Waals surface area contributed by atoms with E-state index in [4.69, 9.17) is 4.74 Å². The third-order valence-corrected chi connectivity index (χ3v) is 7.81. The molecule has 2 heterocycles. The minimum Gasteiger partial charge on any atom is -0.448 e. The van der Waals surface area contributed by atoms with E-state index in [2.05, 4.69) is 55.1 Å². The highest BCUT2D eigenvalue weighted by atomic mass is 16.6. The molecule has 2 saturated heterocycles. The van der Waals surface area contributed by atoms with E-state index in [1.807, 2.05) is 11.0 Å². The Morgan fingerprint density at radius 3 is 2.18 bits per heavy atom. The van der Waals surface area contributed by atoms with Gasteiger partial charge in [0.15, 0.2) is 0 Å². The van der Waals surface area contributed by atoms with Crippen LogP contribution in [0.2, 0.25) is 0 Å². The first-order chi connectivity index (χ1) is 16.2. The maximum atomic E-state index is 13.3. The van der Waals surface area contributed by atoms with E-state index < -0.39 is 0 Å². The van der Waals surface area contributed by atoms with E-state index in [0.29, 0.717) is 18.8 Å². The third kappa shape index (κ3) is 4.23. The van der Waals surface area contributed by atoms with Gasteiger partial charge >= 0.3 is 6.09 Å². The topological polar surface area (TPSA) is 46.6 Å². The van der Waals surface area contributed by atoms with Crippen molar-refractivity contribution in [1.82, 2.24) is 4.90 Å². The SMILES string of the molecule is C=CCCCC(=O)C1CC2CCCC(C1)N2C(=O)OCC1c2ccccc2-c2ccccc21. The van der Waals surface area contributed by atoms with E-state index in [9.17, 15) is 9.59 Å². The van der Waals surface area contributed by atoms with Crippen LogP contribution < -0.4 is 0 Å². The van der Waals surface area contributed by atoms with Crippen molar-refractivity contribution >= 4 is 11.9 Å². The quantitative estimate of drug-likeness (QED) is 0.363. The minimum absolute atomic E-state index is 0.0742. The standard InChI is InChI=1S/C29H33NO3/c1-2-3-4-16-28(31)20-17-21-10-9-11-22(18-20)30(21)29(32)33-19-27-25-14-7-5-12-23(25)24-13-6-8-15-26(24)27/h2,5-8,12-15,20-22,27H,1,3-4,9-11,16-19H2. The van der Waals surface area contributed by atoms with Crippen molar-refractivity contribution in [3.63, 3.8) is 0 Å². The lowest BCUT2D eigenvalue weighted by atomic mass is 9.76. The number of fused-ring (bicyclic) bond motifs is 5. The van der Waals surface area contributed by atoms with Crippen LogP contribution in [0.5, 0.6) is 0 Å². The zero-order valence-corrected chi connectivity index (χ0v) is 19.2. The molecule has 172 valence electrons. The summed E-state index contributed by atoms with van der Waals surface area (Å²) in [5.41, 5.74) is 4.94. The Bertz CT molecular complexity index is 985. The number of benzene rings is 2. The molecular formula is C29H33NO3. The van der Waals surface area contributed by atoms with Crippen LogP contribution in [0.15, 0.2) is 61.2 Å². The summed E-state index contributed by atoms with van der Waals surface area (Å²) in [4.78, 5) is 28.0. The Labute approximate surface area is 196 Å². The Morgan fingerprint density at radius 1 is 0.970 bits per heavy atom. The summed E-state index contributed by atoms with van der Waals surface area (Å²) in [5, 5.41) is 0. The maximum absolute atomic E-state index is 13.3. The van der Waals surface area contributed by atoms with Crippen LogP contribution in [0.4, 0.5) is 4.79 Å². The normalized spacial score (nSPS) is 23.5. The lowest BCUT2D eigenvalue weighted by Crippen LogP contribution is -2.55. The lowest BCUT2D eigenvalue weighted by Gasteiger charge is -2.47. The molecule has 1 amide bonds. The Morgan fingerprint density at radius 2 is 1.58 bits per heavy atom. The highest BCUT2D eigenvalue weighted by molar-refractivity contribution is 5.82. The molecule has 4 heteroatoms. The largest absolute Gasteiger partial charge is 0.448 e. The molecule has 0 aromatic heterocycles. The number of amides is 1. The van der Waals surface area contributed by atoms with Gasteiger partial charge in [-0.25, -0.2) is 4.79 Å². The number of ketones is 1. The molecule has 3 aliphatic rings. The van der Waals surface area contributed by atoms with Gasteiger partial charge in [-0.15, -0.1) is 6.58 Å². The number of Topliss-reactive ketones (excluding diaryl/α,β-unsaturated/α-hetero) is 1. The molecule has 1 aliphatic carbocycles. The Hall–Kier alpha value is -2.88. The third-order valence-electron chi connectivity index (χ3n) is 7.81. The van der Waals surface area contributed by atoms with Crippen LogP contribution in [0, 0.1) is 5.92 Å². The fraction of sp³-hybridized carbons (Fsp3) is 0.448. The number of nitrogens with zero attached hydrogens (tertiary/aromatic N) is 1. The van der Waals surface area contributed by atoms with E-state index in [1.54, 1.807) is 0 Å². The average molecular weight is 444 g/mol. The summed E-state index contributed by atoms with van der Waals surface area (Å²) < 4.78 is 5.98. The zero-order valence-electron chi connectivity index (χ0n) is 19.2. The van der Waals surface area contributed by atoms with Gasteiger partial charge in [-0.1, -0.05) is 54.6 Å². The van der Waals surface area contributed by atoms with E-state index in [1.165, 1.54) is 22.3 Å². The fourth-order valence-corrected chi connectivity index (χ4v) is 6.24. The van der Waals surface area contributed by atoms with Gasteiger partial charge in [0, 0.05) is 30.3 Å². The molecule has 0 N–H and O–H groups in total. The molecule has 2 aromatic carbocycles. The highest BCUT2D eigenvalue weighted by Crippen LogP contribution is 2.45. The van der Waals surface area contributed by atoms with Crippen LogP contribution >= 0.6 is 0 Å². The van der Waals surface area contributed by atoms with Crippen LogP contribution in [-0.2, 0) is 9.53 Å². The van der Waals surface area contributed by atoms with Gasteiger partial charge < -0.3 is 9.64 Å². The second-order valence-corrected chi connectivity index (χ2v) is 9.77. The molecule has 0 saturated carbocycles. The molecule has 5 rings (SSSR count). The van der Waals surface area contributed by atoms with Crippen LogP contribution in [0.1, 0.15) is 68.4 Å². The van der Waals surface area contributed by atoms with Crippen molar-refractivity contribution in [2.75, 3.05) is 6.61 Å². The molecule has 0 spiro atoms. The molecule has 2 aromatic rings. The predicted octanol–water partition coefficient (Wildman–Crippen LogP) is 6.49. The fourth-order valence-electron chi connectivity index (χ4n) is 6.24. The van der Waals surface area contributed by atoms with Crippen molar-refractivity contribution in [2.45, 2.75) is 69.4 Å². The molecule has 2 unspecified atom stereocenters. The first-order valence-electron chi connectivity index (χ1n) is 12.4. The molecule has 2 aliphatic heterocycles. The van der Waals surface area contributed by atoms with Crippen molar-refractivity contribution in [2.24, 2.45) is 5.92 Å². The van der Waals surface area contributed by atoms with Crippen LogP contribution in [0.3, 0.4) is 0 Å². The first-order valence-corrected chi connectivity index (χ1v) is 12.4. The summed E-state index contributed by atoms with van der Waals surface area (Å²) in [6.07, 6.45) is 8.70. The number of piperidine rings is 2. The van der Waals surface area contributed by atoms with Crippen molar-refractivity contribution in [3.05, 3.63) is 72.3 Å². The van der Waals surface area contributed by atoms with Gasteiger partial charge in [-0.05, 0) is 67.2 Å². The zero-order chi connectivity index (χ0) is 22.8. The summed E-state index contributed by atoms with van der Waals surface area (Å²) >= 11 is 0. The van der Waals surface area contributed by atoms with Gasteiger partial charge in [0.1, 0.15) is 12.4 Å². The number of ether oxygens (including phenoxy) is 1. The monoisotopic (exact) mass is 443 g/mol. The van der Waals surface area contributed by atoms with Gasteiger partial charge in [0.25, 0.3) is 0 Å². The van der Waals surface area contributed by atoms with E-state index in [-0.39, 0.29) is 30.0 Å². The number of hydrogen-bond acceptors (Lipinski definition) is 3. The lowest BCUT2D eigenvalue weighted by molar-refractivity contribution is -0.126. The van der Waals surface area contributed by atoms with E-state index >= 15 is 0 Å². The Kier molecular flexibility index (Phi) is 6.34. The van der Waals surface area contributed by atoms with Crippen LogP contribution in [-0.4, -0.2) is 35.5 Å². The molecule has 33 heavy (non-hydrogen) atoms. The number of carbonyl (C=O) groups excluding carboxylic acids is 2. The summed E-state index contributed by atoms with van der Waals surface area (Å²) in [6, 6.07) is 17.1. The molecule has 2 bridgehead atoms. The molecule has 4 nitrogen and oxygen atoms in total. The molecular weight excluding hydrogens is 410 g/mol. The average Bonchev–Trinajstić information content (AvgIpc) is 3.15. The number of carbonyl (C=O) groups is 2. The molecule has 2 atom stereocenters. The Balaban J connectivity index is 1.25. The second kappa shape index (κ2) is 9.54. The second-order valence-electron chi connectivity index (χ2n) is 9.77. The van der Waals surface area contributed by atoms with Gasteiger partial charge in [0.2, 0.25) is 0 Å². The van der Waals surface area contributed by atoms with Gasteiger partial charge in [0.05, 0.1) is 0 Å². The number of unbranched alkanes of at least 4 members (excludes halogenated alkanes) is 1. The van der Waals surface area contributed by atoms with Crippen LogP contribution in [0.25, 0.3) is 11.1 Å². The predicted molar refractivity (Wildman–Crippen MR) is 130 cm³/mol. The smallest absolute Gasteiger partial charge is 0.410 e. The van der Waals surface area contributed by atoms with E-state index in [0.717, 1.165) is 44.9 Å². The molecule has 2 fully saturated rings. The van der Waals surface area contributed by atoms with Gasteiger partial charge in [-0.3, -0.25) is 4.79 Å². The number of hydrogen-bond donors (Lipinski definition) is 0. The first kappa shape index (κ1) is 21.9. The van der Waals surface area contributed by atoms with Gasteiger partial charge in [-0.2, -0.15) is 0 Å². The highest BCUT2D eigenvalue weighted by Gasteiger charge is 2.43. The minimum atomic E-state index is -0.205. The van der Waals surface area contributed by atoms with Crippen molar-refractivity contribution < 1.29 is 14.3 Å². The van der Waals surface area contributed by atoms with Crippen molar-refractivity contribution in [1.29, 1.82) is 0 Å².